The molecule has 0 N–H and O–H groups in total. The highest BCUT2D eigenvalue weighted by atomic mass is 35.5. The number of ether oxygens (including phenoxy) is 1. The highest BCUT2D eigenvalue weighted by Crippen LogP contribution is 2.42. The Labute approximate surface area is 174 Å². The summed E-state index contributed by atoms with van der Waals surface area (Å²) in [6.07, 6.45) is 2.06. The van der Waals surface area contributed by atoms with E-state index in [1.807, 2.05) is 36.4 Å². The van der Waals surface area contributed by atoms with Gasteiger partial charge in [-0.3, -0.25) is 4.84 Å². The van der Waals surface area contributed by atoms with Crippen LogP contribution < -0.4 is 0 Å². The summed E-state index contributed by atoms with van der Waals surface area (Å²) in [5, 5.41) is 2.14. The van der Waals surface area contributed by atoms with Crippen LogP contribution in [0.4, 0.5) is 0 Å². The fourth-order valence-corrected chi connectivity index (χ4v) is 4.88. The van der Waals surface area contributed by atoms with Gasteiger partial charge in [0.15, 0.2) is 0 Å². The van der Waals surface area contributed by atoms with Crippen LogP contribution >= 0.6 is 11.6 Å². The van der Waals surface area contributed by atoms with Gasteiger partial charge in [0.05, 0.1) is 12.7 Å². The lowest BCUT2D eigenvalue weighted by atomic mass is 9.80. The van der Waals surface area contributed by atoms with Crippen molar-refractivity contribution in [3.05, 3.63) is 71.8 Å². The van der Waals surface area contributed by atoms with E-state index in [2.05, 4.69) is 57.0 Å². The van der Waals surface area contributed by atoms with E-state index in [-0.39, 0.29) is 17.2 Å². The normalized spacial score (nSPS) is 20.2. The molecule has 152 valence electrons. The van der Waals surface area contributed by atoms with Gasteiger partial charge in [-0.05, 0) is 51.7 Å². The molecule has 1 aliphatic heterocycles. The van der Waals surface area contributed by atoms with Crippen LogP contribution in [-0.4, -0.2) is 36.0 Å². The average Bonchev–Trinajstić information content (AvgIpc) is 2.67. The molecule has 0 spiro atoms. The Kier molecular flexibility index (Phi) is 6.21. The molecule has 0 aromatic heterocycles. The Bertz CT molecular complexity index is 703. The van der Waals surface area contributed by atoms with Crippen LogP contribution in [0.3, 0.4) is 0 Å². The highest BCUT2D eigenvalue weighted by Gasteiger charge is 2.48. The average molecular weight is 402 g/mol. The van der Waals surface area contributed by atoms with Crippen molar-refractivity contribution in [1.29, 1.82) is 0 Å². The van der Waals surface area contributed by atoms with Crippen LogP contribution in [-0.2, 0) is 14.4 Å². The van der Waals surface area contributed by atoms with Crippen molar-refractivity contribution in [3.8, 4) is 0 Å². The highest BCUT2D eigenvalue weighted by molar-refractivity contribution is 6.26. The first kappa shape index (κ1) is 21.3. The van der Waals surface area contributed by atoms with E-state index >= 15 is 0 Å². The molecule has 3 nitrogen and oxygen atoms in total. The second-order valence-corrected chi connectivity index (χ2v) is 9.64. The maximum atomic E-state index is 7.28. The summed E-state index contributed by atoms with van der Waals surface area (Å²) < 4.78 is 5.69. The molecule has 0 unspecified atom stereocenters. The van der Waals surface area contributed by atoms with Crippen LogP contribution in [0.5, 0.6) is 0 Å². The molecule has 0 saturated carbocycles. The Morgan fingerprint density at radius 2 is 1.32 bits per heavy atom. The minimum atomic E-state index is -0.757. The largest absolute Gasteiger partial charge is 0.381 e. The molecular formula is C24H32ClNO2. The topological polar surface area (TPSA) is 21.7 Å². The monoisotopic (exact) mass is 401 g/mol. The first-order valence-corrected chi connectivity index (χ1v) is 10.3. The number of alkyl halides is 1. The third-order valence-electron chi connectivity index (χ3n) is 5.74. The second-order valence-electron chi connectivity index (χ2n) is 8.99. The molecule has 0 amide bonds. The Morgan fingerprint density at radius 3 is 1.71 bits per heavy atom. The maximum absolute atomic E-state index is 7.28. The van der Waals surface area contributed by atoms with Gasteiger partial charge in [0.2, 0.25) is 0 Å². The van der Waals surface area contributed by atoms with Gasteiger partial charge in [0.1, 0.15) is 4.87 Å². The first-order chi connectivity index (χ1) is 13.2. The molecule has 1 aliphatic rings. The number of hydrogen-bond donors (Lipinski definition) is 0. The number of hydrogen-bond acceptors (Lipinski definition) is 3. The van der Waals surface area contributed by atoms with Gasteiger partial charge in [0, 0.05) is 18.2 Å². The van der Waals surface area contributed by atoms with Crippen LogP contribution in [0.25, 0.3) is 0 Å². The van der Waals surface area contributed by atoms with Gasteiger partial charge in [-0.25, -0.2) is 0 Å². The molecule has 0 radical (unpaired) electrons. The molecule has 28 heavy (non-hydrogen) atoms. The lowest BCUT2D eigenvalue weighted by Gasteiger charge is -2.54. The first-order valence-electron chi connectivity index (χ1n) is 9.95. The van der Waals surface area contributed by atoms with E-state index in [1.165, 1.54) is 0 Å². The number of methoxy groups -OCH3 is 1. The summed E-state index contributed by atoms with van der Waals surface area (Å²) in [5.41, 5.74) is 1.75. The van der Waals surface area contributed by atoms with Crippen LogP contribution in [0.15, 0.2) is 60.7 Å². The van der Waals surface area contributed by atoms with E-state index < -0.39 is 4.87 Å². The minimum absolute atomic E-state index is 0.159. The quantitative estimate of drug-likeness (QED) is 0.573. The zero-order valence-electron chi connectivity index (χ0n) is 17.6. The third kappa shape index (κ3) is 4.28. The minimum Gasteiger partial charge on any atom is -0.381 e. The SMILES string of the molecule is COC1CC(C)(C)N(OCC(Cl)(c2ccccc2)c2ccccc2)C(C)(C)C1. The smallest absolute Gasteiger partial charge is 0.120 e. The molecule has 1 saturated heterocycles. The molecular weight excluding hydrogens is 370 g/mol. The number of benzene rings is 2. The third-order valence-corrected chi connectivity index (χ3v) is 6.29. The van der Waals surface area contributed by atoms with Gasteiger partial charge in [0.25, 0.3) is 0 Å². The fourth-order valence-electron chi connectivity index (χ4n) is 4.58. The molecule has 0 aliphatic carbocycles. The summed E-state index contributed by atoms with van der Waals surface area (Å²) in [6.45, 7) is 9.19. The molecule has 0 bridgehead atoms. The molecule has 1 fully saturated rings. The number of rotatable bonds is 6. The van der Waals surface area contributed by atoms with Crippen LogP contribution in [0.2, 0.25) is 0 Å². The van der Waals surface area contributed by atoms with Gasteiger partial charge in [-0.2, -0.15) is 5.06 Å². The summed E-state index contributed by atoms with van der Waals surface area (Å²) in [5.74, 6) is 0. The predicted molar refractivity (Wildman–Crippen MR) is 115 cm³/mol. The number of piperidine rings is 1. The Morgan fingerprint density at radius 1 is 0.893 bits per heavy atom. The summed E-state index contributed by atoms with van der Waals surface area (Å²) >= 11 is 7.28. The molecule has 2 aromatic rings. The van der Waals surface area contributed by atoms with Gasteiger partial charge in [-0.1, -0.05) is 60.7 Å². The van der Waals surface area contributed by atoms with Crippen molar-refractivity contribution in [2.75, 3.05) is 13.7 Å². The van der Waals surface area contributed by atoms with E-state index in [1.54, 1.807) is 7.11 Å². The van der Waals surface area contributed by atoms with E-state index in [0.29, 0.717) is 6.61 Å². The Balaban J connectivity index is 1.90. The number of hydroxylamine groups is 2. The van der Waals surface area contributed by atoms with Gasteiger partial charge in [-0.15, -0.1) is 11.6 Å². The summed E-state index contributed by atoms with van der Waals surface area (Å²) in [4.78, 5) is 5.77. The lowest BCUT2D eigenvalue weighted by Crippen LogP contribution is -2.62. The summed E-state index contributed by atoms with van der Waals surface area (Å²) in [6, 6.07) is 20.4. The van der Waals surface area contributed by atoms with Crippen molar-refractivity contribution >= 4 is 11.6 Å². The number of nitrogens with zero attached hydrogens (tertiary/aromatic N) is 1. The zero-order chi connectivity index (χ0) is 20.4. The van der Waals surface area contributed by atoms with Crippen LogP contribution in [0.1, 0.15) is 51.7 Å². The van der Waals surface area contributed by atoms with Crippen molar-refractivity contribution in [3.63, 3.8) is 0 Å². The van der Waals surface area contributed by atoms with Crippen molar-refractivity contribution in [2.24, 2.45) is 0 Å². The van der Waals surface area contributed by atoms with E-state index in [9.17, 15) is 0 Å². The van der Waals surface area contributed by atoms with Crippen LogP contribution in [0, 0.1) is 0 Å². The van der Waals surface area contributed by atoms with Gasteiger partial charge >= 0.3 is 0 Å². The van der Waals surface area contributed by atoms with Gasteiger partial charge < -0.3 is 4.74 Å². The van der Waals surface area contributed by atoms with Crippen molar-refractivity contribution < 1.29 is 9.57 Å². The molecule has 4 heteroatoms. The molecule has 3 rings (SSSR count). The lowest BCUT2D eigenvalue weighted by molar-refractivity contribution is -0.296. The Hall–Kier alpha value is -1.39. The van der Waals surface area contributed by atoms with Crippen molar-refractivity contribution in [1.82, 2.24) is 5.06 Å². The zero-order valence-corrected chi connectivity index (χ0v) is 18.4. The standard InChI is InChI=1S/C24H32ClNO2/c1-22(2)16-21(27-5)17-23(3,4)26(22)28-18-24(25,19-12-8-6-9-13-19)20-14-10-7-11-15-20/h6-15,21H,16-18H2,1-5H3. The second kappa shape index (κ2) is 8.16. The van der Waals surface area contributed by atoms with E-state index in [0.717, 1.165) is 24.0 Å². The number of halogens is 1. The predicted octanol–water partition coefficient (Wildman–Crippen LogP) is 5.77. The summed E-state index contributed by atoms with van der Waals surface area (Å²) in [7, 11) is 1.79. The maximum Gasteiger partial charge on any atom is 0.120 e. The molecule has 0 atom stereocenters. The van der Waals surface area contributed by atoms with Crippen molar-refractivity contribution in [2.45, 2.75) is 62.6 Å². The molecule has 1 heterocycles. The molecule has 2 aromatic carbocycles. The van der Waals surface area contributed by atoms with E-state index in [4.69, 9.17) is 21.2 Å². The fraction of sp³-hybridized carbons (Fsp3) is 0.500.